The van der Waals surface area contributed by atoms with E-state index in [0.29, 0.717) is 19.0 Å². The van der Waals surface area contributed by atoms with Crippen molar-refractivity contribution in [2.24, 2.45) is 10.9 Å². The van der Waals surface area contributed by atoms with Crippen LogP contribution in [0.3, 0.4) is 0 Å². The van der Waals surface area contributed by atoms with Crippen LogP contribution in [-0.2, 0) is 13.1 Å². The summed E-state index contributed by atoms with van der Waals surface area (Å²) in [7, 11) is 1.75. The Labute approximate surface area is 181 Å². The maximum Gasteiger partial charge on any atom is 0.231 e. The van der Waals surface area contributed by atoms with Crippen LogP contribution in [0.2, 0.25) is 0 Å². The molecule has 7 nitrogen and oxygen atoms in total. The molecule has 8 heteroatoms. The second-order valence-corrected chi connectivity index (χ2v) is 6.73. The van der Waals surface area contributed by atoms with Gasteiger partial charge in [-0.2, -0.15) is 0 Å². The number of halogens is 1. The molecule has 0 spiro atoms. The van der Waals surface area contributed by atoms with Gasteiger partial charge in [-0.05, 0) is 42.0 Å². The van der Waals surface area contributed by atoms with Crippen LogP contribution in [0.4, 0.5) is 0 Å². The summed E-state index contributed by atoms with van der Waals surface area (Å²) in [5.74, 6) is 3.72. The van der Waals surface area contributed by atoms with E-state index in [9.17, 15) is 0 Å². The molecule has 28 heavy (non-hydrogen) atoms. The Hall–Kier alpha value is -2.23. The van der Waals surface area contributed by atoms with Crippen LogP contribution >= 0.6 is 24.0 Å². The topological polar surface area (TPSA) is 77.0 Å². The fraction of sp³-hybridized carbons (Fsp3) is 0.400. The van der Waals surface area contributed by atoms with Gasteiger partial charge in [0, 0.05) is 32.4 Å². The van der Waals surface area contributed by atoms with Crippen molar-refractivity contribution in [3.63, 3.8) is 0 Å². The number of benzene rings is 1. The highest BCUT2D eigenvalue weighted by Crippen LogP contribution is 2.32. The smallest absolute Gasteiger partial charge is 0.231 e. The highest BCUT2D eigenvalue weighted by atomic mass is 127. The molecule has 1 saturated carbocycles. The maximum atomic E-state index is 5.66. The molecule has 1 aliphatic heterocycles. The Morgan fingerprint density at radius 3 is 2.57 bits per heavy atom. The quantitative estimate of drug-likeness (QED) is 0.349. The second kappa shape index (κ2) is 9.81. The van der Waals surface area contributed by atoms with E-state index in [1.807, 2.05) is 36.5 Å². The first-order valence-corrected chi connectivity index (χ1v) is 9.21. The van der Waals surface area contributed by atoms with Gasteiger partial charge in [-0.3, -0.25) is 4.99 Å². The van der Waals surface area contributed by atoms with Gasteiger partial charge in [0.1, 0.15) is 0 Å². The largest absolute Gasteiger partial charge is 0.477 e. The number of hydrogen-bond acceptors (Lipinski definition) is 5. The van der Waals surface area contributed by atoms with Gasteiger partial charge < -0.3 is 24.8 Å². The van der Waals surface area contributed by atoms with Crippen LogP contribution < -0.4 is 24.8 Å². The molecular formula is C20H25IN4O3. The molecule has 1 aromatic carbocycles. The van der Waals surface area contributed by atoms with Gasteiger partial charge in [0.2, 0.25) is 12.7 Å². The molecule has 0 saturated heterocycles. The number of nitrogens with one attached hydrogen (secondary N) is 2. The molecule has 2 aromatic rings. The highest BCUT2D eigenvalue weighted by molar-refractivity contribution is 14.0. The van der Waals surface area contributed by atoms with E-state index in [-0.39, 0.29) is 30.8 Å². The number of aliphatic imine (C=N–C) groups is 1. The lowest BCUT2D eigenvalue weighted by Gasteiger charge is -2.12. The van der Waals surface area contributed by atoms with Gasteiger partial charge in [0.25, 0.3) is 0 Å². The Morgan fingerprint density at radius 1 is 1.11 bits per heavy atom. The first-order chi connectivity index (χ1) is 13.3. The molecule has 0 radical (unpaired) electrons. The van der Waals surface area contributed by atoms with Crippen molar-refractivity contribution >= 4 is 29.9 Å². The summed E-state index contributed by atoms with van der Waals surface area (Å²) >= 11 is 0. The predicted molar refractivity (Wildman–Crippen MR) is 117 cm³/mol. The molecular weight excluding hydrogens is 471 g/mol. The number of nitrogens with zero attached hydrogens (tertiary/aromatic N) is 2. The minimum Gasteiger partial charge on any atom is -0.477 e. The zero-order valence-corrected chi connectivity index (χ0v) is 18.1. The summed E-state index contributed by atoms with van der Waals surface area (Å²) in [6.45, 7) is 2.34. The molecule has 1 fully saturated rings. The third-order valence-electron chi connectivity index (χ3n) is 4.54. The maximum absolute atomic E-state index is 5.66. The van der Waals surface area contributed by atoms with Crippen molar-refractivity contribution in [2.75, 3.05) is 20.4 Å². The van der Waals surface area contributed by atoms with Gasteiger partial charge in [0.05, 0.1) is 6.61 Å². The van der Waals surface area contributed by atoms with Crippen molar-refractivity contribution in [1.29, 1.82) is 0 Å². The van der Waals surface area contributed by atoms with Crippen LogP contribution in [0.1, 0.15) is 24.0 Å². The molecule has 0 amide bonds. The number of aromatic nitrogens is 1. The number of hydrogen-bond donors (Lipinski definition) is 2. The lowest BCUT2D eigenvalue weighted by molar-refractivity contribution is 0.174. The van der Waals surface area contributed by atoms with Gasteiger partial charge in [-0.15, -0.1) is 24.0 Å². The van der Waals surface area contributed by atoms with Crippen molar-refractivity contribution in [2.45, 2.75) is 25.9 Å². The molecule has 2 aliphatic rings. The van der Waals surface area contributed by atoms with Crippen LogP contribution in [0.25, 0.3) is 0 Å². The van der Waals surface area contributed by atoms with E-state index in [1.165, 1.54) is 12.8 Å². The minimum atomic E-state index is 0. The van der Waals surface area contributed by atoms with Crippen molar-refractivity contribution in [1.82, 2.24) is 15.6 Å². The first kappa shape index (κ1) is 20.5. The highest BCUT2D eigenvalue weighted by Gasteiger charge is 2.22. The van der Waals surface area contributed by atoms with Crippen molar-refractivity contribution in [3.8, 4) is 17.4 Å². The molecule has 0 bridgehead atoms. The monoisotopic (exact) mass is 496 g/mol. The van der Waals surface area contributed by atoms with Gasteiger partial charge in [-0.1, -0.05) is 12.1 Å². The SMILES string of the molecule is CN=C(NCc1ccc(OCC2CC2)nc1)NCc1ccc2c(c1)OCO2.I. The summed E-state index contributed by atoms with van der Waals surface area (Å²) in [5.41, 5.74) is 2.17. The lowest BCUT2D eigenvalue weighted by atomic mass is 10.2. The number of fused-ring (bicyclic) bond motifs is 1. The van der Waals surface area contributed by atoms with Crippen molar-refractivity contribution < 1.29 is 14.2 Å². The average Bonchev–Trinajstić information content (AvgIpc) is 3.42. The standard InChI is InChI=1S/C20H24N4O3.HI/c1-21-20(23-9-15-4-6-17-18(8-15)27-13-26-17)24-11-16-5-7-19(22-10-16)25-12-14-2-3-14;/h4-8,10,14H,2-3,9,11-13H2,1H3,(H2,21,23,24);1H. The molecule has 1 aliphatic carbocycles. The zero-order chi connectivity index (χ0) is 18.5. The first-order valence-electron chi connectivity index (χ1n) is 9.21. The Balaban J connectivity index is 0.00000225. The number of ether oxygens (including phenoxy) is 3. The lowest BCUT2D eigenvalue weighted by Crippen LogP contribution is -2.36. The number of rotatable bonds is 7. The number of guanidine groups is 1. The average molecular weight is 496 g/mol. The van der Waals surface area contributed by atoms with E-state index >= 15 is 0 Å². The van der Waals surface area contributed by atoms with E-state index < -0.39 is 0 Å². The van der Waals surface area contributed by atoms with Crippen LogP contribution in [-0.4, -0.2) is 31.4 Å². The zero-order valence-electron chi connectivity index (χ0n) is 15.8. The molecule has 0 unspecified atom stereocenters. The third-order valence-corrected chi connectivity index (χ3v) is 4.54. The summed E-state index contributed by atoms with van der Waals surface area (Å²) in [6.07, 6.45) is 4.39. The Morgan fingerprint density at radius 2 is 1.86 bits per heavy atom. The normalized spacial score (nSPS) is 15.0. The molecule has 2 N–H and O–H groups in total. The summed E-state index contributed by atoms with van der Waals surface area (Å²) in [4.78, 5) is 8.62. The minimum absolute atomic E-state index is 0. The van der Waals surface area contributed by atoms with Crippen LogP contribution in [0.5, 0.6) is 17.4 Å². The molecule has 150 valence electrons. The van der Waals surface area contributed by atoms with Crippen molar-refractivity contribution in [3.05, 3.63) is 47.7 Å². The Kier molecular flexibility index (Phi) is 7.18. The predicted octanol–water partition coefficient (Wildman–Crippen LogP) is 3.08. The fourth-order valence-electron chi connectivity index (χ4n) is 2.73. The summed E-state index contributed by atoms with van der Waals surface area (Å²) in [6, 6.07) is 9.86. The van der Waals surface area contributed by atoms with Gasteiger partial charge >= 0.3 is 0 Å². The fourth-order valence-corrected chi connectivity index (χ4v) is 2.73. The Bertz CT molecular complexity index is 810. The number of pyridine rings is 1. The third kappa shape index (κ3) is 5.63. The van der Waals surface area contributed by atoms with E-state index in [4.69, 9.17) is 14.2 Å². The summed E-state index contributed by atoms with van der Waals surface area (Å²) in [5, 5.41) is 6.59. The van der Waals surface area contributed by atoms with Gasteiger partial charge in [-0.25, -0.2) is 4.98 Å². The van der Waals surface area contributed by atoms with Crippen LogP contribution in [0.15, 0.2) is 41.5 Å². The molecule has 0 atom stereocenters. The molecule has 1 aromatic heterocycles. The summed E-state index contributed by atoms with van der Waals surface area (Å²) < 4.78 is 16.4. The van der Waals surface area contributed by atoms with E-state index in [2.05, 4.69) is 20.6 Å². The molecule has 2 heterocycles. The van der Waals surface area contributed by atoms with Crippen LogP contribution in [0, 0.1) is 5.92 Å². The molecule has 4 rings (SSSR count). The van der Waals surface area contributed by atoms with E-state index in [1.54, 1.807) is 7.05 Å². The van der Waals surface area contributed by atoms with E-state index in [0.717, 1.165) is 41.1 Å². The van der Waals surface area contributed by atoms with Gasteiger partial charge in [0.15, 0.2) is 17.5 Å². The second-order valence-electron chi connectivity index (χ2n) is 6.73.